The highest BCUT2D eigenvalue weighted by Crippen LogP contribution is 2.18. The van der Waals surface area contributed by atoms with Crippen molar-refractivity contribution >= 4 is 0 Å². The van der Waals surface area contributed by atoms with E-state index < -0.39 is 0 Å². The van der Waals surface area contributed by atoms with Crippen LogP contribution in [-0.2, 0) is 0 Å². The molecule has 1 unspecified atom stereocenters. The largest absolute Gasteiger partial charge is 0.396 e. The standard InChI is InChI=1S/C9H22N2O/c1-5-6-9(10-2,7-8-12)11(3)4/h10,12H,5-8H2,1-4H3. The van der Waals surface area contributed by atoms with Gasteiger partial charge in [0.25, 0.3) is 0 Å². The highest BCUT2D eigenvalue weighted by molar-refractivity contribution is 4.82. The van der Waals surface area contributed by atoms with E-state index in [9.17, 15) is 0 Å². The lowest BCUT2D eigenvalue weighted by Crippen LogP contribution is -2.55. The molecule has 3 heteroatoms. The van der Waals surface area contributed by atoms with Crippen molar-refractivity contribution in [2.75, 3.05) is 27.7 Å². The van der Waals surface area contributed by atoms with Crippen molar-refractivity contribution in [3.8, 4) is 0 Å². The minimum absolute atomic E-state index is 0.0243. The normalized spacial score (nSPS) is 16.5. The maximum Gasteiger partial charge on any atom is 0.0727 e. The number of hydrogen-bond donors (Lipinski definition) is 2. The molecule has 0 bridgehead atoms. The van der Waals surface area contributed by atoms with E-state index in [-0.39, 0.29) is 12.3 Å². The van der Waals surface area contributed by atoms with Gasteiger partial charge in [0.15, 0.2) is 0 Å². The zero-order chi connectivity index (χ0) is 9.61. The van der Waals surface area contributed by atoms with Gasteiger partial charge >= 0.3 is 0 Å². The second-order valence-electron chi connectivity index (χ2n) is 3.40. The molecular weight excluding hydrogens is 152 g/mol. The minimum Gasteiger partial charge on any atom is -0.396 e. The summed E-state index contributed by atoms with van der Waals surface area (Å²) in [6, 6.07) is 0. The number of aliphatic hydroxyl groups is 1. The second-order valence-corrected chi connectivity index (χ2v) is 3.40. The fourth-order valence-corrected chi connectivity index (χ4v) is 1.64. The predicted octanol–water partition coefficient (Wildman–Crippen LogP) is 0.646. The van der Waals surface area contributed by atoms with Crippen molar-refractivity contribution in [1.82, 2.24) is 10.2 Å². The number of nitrogens with one attached hydrogen (secondary N) is 1. The van der Waals surface area contributed by atoms with E-state index >= 15 is 0 Å². The molecule has 0 saturated heterocycles. The molecule has 2 N–H and O–H groups in total. The molecule has 12 heavy (non-hydrogen) atoms. The van der Waals surface area contributed by atoms with Crippen LogP contribution in [0.1, 0.15) is 26.2 Å². The summed E-state index contributed by atoms with van der Waals surface area (Å²) in [5.74, 6) is 0. The summed E-state index contributed by atoms with van der Waals surface area (Å²) < 4.78 is 0. The molecule has 0 radical (unpaired) electrons. The van der Waals surface area contributed by atoms with Crippen LogP contribution in [0.4, 0.5) is 0 Å². The van der Waals surface area contributed by atoms with Crippen LogP contribution in [0.5, 0.6) is 0 Å². The van der Waals surface area contributed by atoms with Gasteiger partial charge in [0.2, 0.25) is 0 Å². The summed E-state index contributed by atoms with van der Waals surface area (Å²) in [5.41, 5.74) is -0.0243. The first-order chi connectivity index (χ1) is 5.63. The SMILES string of the molecule is CCCC(CCO)(NC)N(C)C. The van der Waals surface area contributed by atoms with Gasteiger partial charge in [-0.2, -0.15) is 0 Å². The van der Waals surface area contributed by atoms with Crippen molar-refractivity contribution in [3.05, 3.63) is 0 Å². The first kappa shape index (κ1) is 11.9. The van der Waals surface area contributed by atoms with Crippen LogP contribution in [0, 0.1) is 0 Å². The first-order valence-corrected chi connectivity index (χ1v) is 4.60. The third-order valence-electron chi connectivity index (χ3n) is 2.51. The van der Waals surface area contributed by atoms with Gasteiger partial charge in [-0.3, -0.25) is 4.90 Å². The maximum absolute atomic E-state index is 8.94. The van der Waals surface area contributed by atoms with E-state index in [4.69, 9.17) is 5.11 Å². The molecule has 0 aliphatic heterocycles. The lowest BCUT2D eigenvalue weighted by molar-refractivity contribution is 0.0714. The molecule has 0 fully saturated rings. The number of hydrogen-bond acceptors (Lipinski definition) is 3. The fourth-order valence-electron chi connectivity index (χ4n) is 1.64. The lowest BCUT2D eigenvalue weighted by atomic mass is 9.99. The average Bonchev–Trinajstić information content (AvgIpc) is 2.03. The fraction of sp³-hybridized carbons (Fsp3) is 1.00. The number of rotatable bonds is 6. The van der Waals surface area contributed by atoms with Crippen molar-refractivity contribution in [1.29, 1.82) is 0 Å². The molecule has 0 saturated carbocycles. The van der Waals surface area contributed by atoms with E-state index in [2.05, 4.69) is 17.1 Å². The van der Waals surface area contributed by atoms with Crippen LogP contribution in [0.15, 0.2) is 0 Å². The van der Waals surface area contributed by atoms with Crippen molar-refractivity contribution in [2.24, 2.45) is 0 Å². The summed E-state index contributed by atoms with van der Waals surface area (Å²) in [7, 11) is 6.04. The molecule has 0 aliphatic carbocycles. The Balaban J connectivity index is 4.28. The molecule has 1 atom stereocenters. The summed E-state index contributed by atoms with van der Waals surface area (Å²) in [6.45, 7) is 2.39. The zero-order valence-electron chi connectivity index (χ0n) is 8.72. The molecule has 0 aliphatic rings. The second kappa shape index (κ2) is 5.51. The van der Waals surface area contributed by atoms with E-state index in [1.54, 1.807) is 0 Å². The van der Waals surface area contributed by atoms with Crippen LogP contribution >= 0.6 is 0 Å². The molecule has 0 aromatic carbocycles. The highest BCUT2D eigenvalue weighted by Gasteiger charge is 2.28. The van der Waals surface area contributed by atoms with Crippen LogP contribution in [-0.4, -0.2) is 43.4 Å². The van der Waals surface area contributed by atoms with Gasteiger partial charge in [0.1, 0.15) is 0 Å². The Bertz CT molecular complexity index is 109. The van der Waals surface area contributed by atoms with Gasteiger partial charge < -0.3 is 10.4 Å². The Labute approximate surface area is 75.8 Å². The number of nitrogens with zero attached hydrogens (tertiary/aromatic N) is 1. The summed E-state index contributed by atoms with van der Waals surface area (Å²) in [6.07, 6.45) is 2.97. The molecule has 3 nitrogen and oxygen atoms in total. The van der Waals surface area contributed by atoms with Crippen LogP contribution in [0.25, 0.3) is 0 Å². The Morgan fingerprint density at radius 2 is 1.92 bits per heavy atom. The highest BCUT2D eigenvalue weighted by atomic mass is 16.3. The Morgan fingerprint density at radius 3 is 2.17 bits per heavy atom. The summed E-state index contributed by atoms with van der Waals surface area (Å²) in [5, 5.41) is 12.2. The zero-order valence-corrected chi connectivity index (χ0v) is 8.72. The Hall–Kier alpha value is -0.120. The van der Waals surface area contributed by atoms with Crippen molar-refractivity contribution in [2.45, 2.75) is 31.8 Å². The van der Waals surface area contributed by atoms with Gasteiger partial charge in [-0.1, -0.05) is 13.3 Å². The van der Waals surface area contributed by atoms with E-state index in [0.29, 0.717) is 0 Å². The predicted molar refractivity (Wildman–Crippen MR) is 52.1 cm³/mol. The van der Waals surface area contributed by atoms with Crippen LogP contribution in [0.2, 0.25) is 0 Å². The number of aliphatic hydroxyl groups excluding tert-OH is 1. The van der Waals surface area contributed by atoms with Crippen molar-refractivity contribution in [3.63, 3.8) is 0 Å². The molecule has 0 spiro atoms. The van der Waals surface area contributed by atoms with E-state index in [0.717, 1.165) is 19.3 Å². The monoisotopic (exact) mass is 174 g/mol. The van der Waals surface area contributed by atoms with Crippen LogP contribution in [0.3, 0.4) is 0 Å². The maximum atomic E-state index is 8.94. The summed E-state index contributed by atoms with van der Waals surface area (Å²) >= 11 is 0. The topological polar surface area (TPSA) is 35.5 Å². The first-order valence-electron chi connectivity index (χ1n) is 4.60. The van der Waals surface area contributed by atoms with Crippen molar-refractivity contribution < 1.29 is 5.11 Å². The van der Waals surface area contributed by atoms with E-state index in [1.165, 1.54) is 0 Å². The minimum atomic E-state index is -0.0243. The smallest absolute Gasteiger partial charge is 0.0727 e. The van der Waals surface area contributed by atoms with Gasteiger partial charge in [0.05, 0.1) is 5.66 Å². The Morgan fingerprint density at radius 1 is 1.33 bits per heavy atom. The molecule has 0 amide bonds. The van der Waals surface area contributed by atoms with Crippen LogP contribution < -0.4 is 5.32 Å². The average molecular weight is 174 g/mol. The molecule has 0 aromatic rings. The third kappa shape index (κ3) is 2.73. The molecule has 74 valence electrons. The molecule has 0 rings (SSSR count). The van der Waals surface area contributed by atoms with Gasteiger partial charge in [0, 0.05) is 13.0 Å². The molecular formula is C9H22N2O. The third-order valence-corrected chi connectivity index (χ3v) is 2.51. The molecule has 0 heterocycles. The van der Waals surface area contributed by atoms with Gasteiger partial charge in [-0.25, -0.2) is 0 Å². The van der Waals surface area contributed by atoms with Gasteiger partial charge in [-0.05, 0) is 27.6 Å². The van der Waals surface area contributed by atoms with E-state index in [1.807, 2.05) is 21.1 Å². The Kier molecular flexibility index (Phi) is 5.46. The van der Waals surface area contributed by atoms with Gasteiger partial charge in [-0.15, -0.1) is 0 Å². The quantitative estimate of drug-likeness (QED) is 0.580. The lowest BCUT2D eigenvalue weighted by Gasteiger charge is -2.39. The summed E-state index contributed by atoms with van der Waals surface area (Å²) in [4.78, 5) is 2.15. The molecule has 0 aromatic heterocycles.